The molecule has 1 aromatic heterocycles. The van der Waals surface area contributed by atoms with Crippen LogP contribution in [0, 0.1) is 5.82 Å². The van der Waals surface area contributed by atoms with E-state index in [9.17, 15) is 4.39 Å². The maximum absolute atomic E-state index is 13.9. The average molecular weight is 351 g/mol. The van der Waals surface area contributed by atoms with Crippen LogP contribution in [-0.4, -0.2) is 41.0 Å². The summed E-state index contributed by atoms with van der Waals surface area (Å²) < 4.78 is 14.6. The van der Waals surface area contributed by atoms with Gasteiger partial charge in [-0.2, -0.15) is 0 Å². The van der Waals surface area contributed by atoms with Gasteiger partial charge in [0, 0.05) is 55.2 Å². The summed E-state index contributed by atoms with van der Waals surface area (Å²) in [7, 11) is 0. The molecular weight excluding hydrogens is 335 g/mol. The lowest BCUT2D eigenvalue weighted by Crippen LogP contribution is -2.46. The number of halogens is 2. The minimum Gasteiger partial charge on any atom is -0.338 e. The summed E-state index contributed by atoms with van der Waals surface area (Å²) >= 11 is 3.28. The fourth-order valence-electron chi connectivity index (χ4n) is 2.45. The van der Waals surface area contributed by atoms with Crippen LogP contribution in [0.2, 0.25) is 0 Å². The Morgan fingerprint density at radius 3 is 2.48 bits per heavy atom. The van der Waals surface area contributed by atoms with Gasteiger partial charge in [-0.1, -0.05) is 22.0 Å². The summed E-state index contributed by atoms with van der Waals surface area (Å²) in [4.78, 5) is 12.9. The van der Waals surface area contributed by atoms with Gasteiger partial charge >= 0.3 is 0 Å². The smallest absolute Gasteiger partial charge is 0.225 e. The number of rotatable bonds is 3. The van der Waals surface area contributed by atoms with Crippen LogP contribution in [0.3, 0.4) is 0 Å². The van der Waals surface area contributed by atoms with Gasteiger partial charge in [-0.15, -0.1) is 0 Å². The Labute approximate surface area is 131 Å². The molecule has 0 aliphatic carbocycles. The normalized spacial score (nSPS) is 16.2. The van der Waals surface area contributed by atoms with E-state index in [1.165, 1.54) is 6.07 Å². The summed E-state index contributed by atoms with van der Waals surface area (Å²) in [6.45, 7) is 4.13. The van der Waals surface area contributed by atoms with Gasteiger partial charge in [-0.05, 0) is 18.2 Å². The van der Waals surface area contributed by atoms with Gasteiger partial charge in [0.25, 0.3) is 0 Å². The van der Waals surface area contributed by atoms with Gasteiger partial charge in [0.1, 0.15) is 5.82 Å². The van der Waals surface area contributed by atoms with Crippen molar-refractivity contribution in [3.8, 4) is 0 Å². The van der Waals surface area contributed by atoms with Crippen LogP contribution in [0.1, 0.15) is 5.56 Å². The van der Waals surface area contributed by atoms with E-state index in [1.54, 1.807) is 12.4 Å². The Kier molecular flexibility index (Phi) is 4.45. The monoisotopic (exact) mass is 350 g/mol. The highest BCUT2D eigenvalue weighted by atomic mass is 79.9. The number of benzene rings is 1. The zero-order valence-electron chi connectivity index (χ0n) is 11.5. The molecule has 0 spiro atoms. The Morgan fingerprint density at radius 1 is 1.10 bits per heavy atom. The molecule has 0 unspecified atom stereocenters. The number of hydrogen-bond donors (Lipinski definition) is 0. The molecule has 0 N–H and O–H groups in total. The topological polar surface area (TPSA) is 32.3 Å². The molecule has 1 aliphatic heterocycles. The first kappa shape index (κ1) is 14.4. The van der Waals surface area contributed by atoms with Crippen molar-refractivity contribution < 1.29 is 4.39 Å². The van der Waals surface area contributed by atoms with Crippen molar-refractivity contribution in [3.63, 3.8) is 0 Å². The van der Waals surface area contributed by atoms with Crippen molar-refractivity contribution in [2.75, 3.05) is 31.1 Å². The van der Waals surface area contributed by atoms with E-state index in [4.69, 9.17) is 0 Å². The number of hydrogen-bond acceptors (Lipinski definition) is 4. The highest BCUT2D eigenvalue weighted by Crippen LogP contribution is 2.18. The third-order valence-corrected chi connectivity index (χ3v) is 4.11. The molecule has 1 aliphatic rings. The van der Waals surface area contributed by atoms with E-state index in [-0.39, 0.29) is 5.82 Å². The van der Waals surface area contributed by atoms with E-state index in [1.807, 2.05) is 18.2 Å². The summed E-state index contributed by atoms with van der Waals surface area (Å²) in [5, 5.41) is 0. The van der Waals surface area contributed by atoms with Gasteiger partial charge in [0.2, 0.25) is 5.95 Å². The molecule has 1 fully saturated rings. The minimum absolute atomic E-state index is 0.154. The third kappa shape index (κ3) is 3.57. The van der Waals surface area contributed by atoms with E-state index in [2.05, 4.69) is 35.7 Å². The third-order valence-electron chi connectivity index (χ3n) is 3.62. The van der Waals surface area contributed by atoms with Crippen molar-refractivity contribution in [1.29, 1.82) is 0 Å². The zero-order valence-corrected chi connectivity index (χ0v) is 13.1. The van der Waals surface area contributed by atoms with E-state index < -0.39 is 0 Å². The molecule has 0 radical (unpaired) electrons. The minimum atomic E-state index is -0.154. The Bertz CT molecular complexity index is 600. The molecule has 21 heavy (non-hydrogen) atoms. The molecule has 0 atom stereocenters. The second-order valence-corrected chi connectivity index (χ2v) is 5.96. The van der Waals surface area contributed by atoms with Crippen LogP contribution >= 0.6 is 15.9 Å². The Hall–Kier alpha value is -1.53. The van der Waals surface area contributed by atoms with Crippen molar-refractivity contribution in [3.05, 3.63) is 52.5 Å². The summed E-state index contributed by atoms with van der Waals surface area (Å²) in [6.07, 6.45) is 3.51. The summed E-state index contributed by atoms with van der Waals surface area (Å²) in [5.74, 6) is 0.616. The maximum Gasteiger partial charge on any atom is 0.225 e. The first-order valence-electron chi connectivity index (χ1n) is 6.90. The van der Waals surface area contributed by atoms with Gasteiger partial charge < -0.3 is 4.90 Å². The van der Waals surface area contributed by atoms with Gasteiger partial charge in [0.05, 0.1) is 0 Å². The van der Waals surface area contributed by atoms with Gasteiger partial charge in [0.15, 0.2) is 0 Å². The van der Waals surface area contributed by atoms with Crippen LogP contribution in [0.15, 0.2) is 41.1 Å². The first-order valence-corrected chi connectivity index (χ1v) is 7.70. The molecule has 1 saturated heterocycles. The molecule has 2 heterocycles. The number of anilines is 1. The first-order chi connectivity index (χ1) is 10.2. The van der Waals surface area contributed by atoms with Crippen LogP contribution in [0.4, 0.5) is 10.3 Å². The highest BCUT2D eigenvalue weighted by Gasteiger charge is 2.19. The van der Waals surface area contributed by atoms with Crippen LogP contribution < -0.4 is 4.90 Å². The van der Waals surface area contributed by atoms with Crippen LogP contribution in [-0.2, 0) is 6.54 Å². The lowest BCUT2D eigenvalue weighted by atomic mass is 10.2. The average Bonchev–Trinajstić information content (AvgIpc) is 2.52. The second kappa shape index (κ2) is 6.49. The molecule has 6 heteroatoms. The van der Waals surface area contributed by atoms with Crippen molar-refractivity contribution >= 4 is 21.9 Å². The Morgan fingerprint density at radius 2 is 1.81 bits per heavy atom. The molecule has 1 aromatic carbocycles. The van der Waals surface area contributed by atoms with Crippen LogP contribution in [0.25, 0.3) is 0 Å². The molecule has 4 nitrogen and oxygen atoms in total. The number of aromatic nitrogens is 2. The van der Waals surface area contributed by atoms with Gasteiger partial charge in [-0.25, -0.2) is 14.4 Å². The lowest BCUT2D eigenvalue weighted by molar-refractivity contribution is 0.245. The van der Waals surface area contributed by atoms with E-state index in [0.29, 0.717) is 6.54 Å². The fraction of sp³-hybridized carbons (Fsp3) is 0.333. The zero-order chi connectivity index (χ0) is 14.7. The van der Waals surface area contributed by atoms with Crippen molar-refractivity contribution in [2.24, 2.45) is 0 Å². The SMILES string of the molecule is Fc1cc(Br)ccc1CN1CCN(c2ncccn2)CC1. The summed E-state index contributed by atoms with van der Waals surface area (Å²) in [5.41, 5.74) is 0.739. The molecule has 0 amide bonds. The van der Waals surface area contributed by atoms with E-state index >= 15 is 0 Å². The molecule has 110 valence electrons. The number of piperazine rings is 1. The maximum atomic E-state index is 13.9. The molecule has 2 aromatic rings. The largest absolute Gasteiger partial charge is 0.338 e. The highest BCUT2D eigenvalue weighted by molar-refractivity contribution is 9.10. The van der Waals surface area contributed by atoms with Crippen LogP contribution in [0.5, 0.6) is 0 Å². The standard InChI is InChI=1S/C15H16BrFN4/c16-13-3-2-12(14(17)10-13)11-20-6-8-21(9-7-20)15-18-4-1-5-19-15/h1-5,10H,6-9,11H2. The molecule has 0 bridgehead atoms. The molecular formula is C15H16BrFN4. The predicted molar refractivity (Wildman–Crippen MR) is 83.6 cm³/mol. The molecule has 0 saturated carbocycles. The predicted octanol–water partition coefficient (Wildman–Crippen LogP) is 2.70. The van der Waals surface area contributed by atoms with Crippen molar-refractivity contribution in [2.45, 2.75) is 6.54 Å². The van der Waals surface area contributed by atoms with Crippen molar-refractivity contribution in [1.82, 2.24) is 14.9 Å². The van der Waals surface area contributed by atoms with Gasteiger partial charge in [-0.3, -0.25) is 4.90 Å². The number of nitrogens with zero attached hydrogens (tertiary/aromatic N) is 4. The second-order valence-electron chi connectivity index (χ2n) is 5.05. The van der Waals surface area contributed by atoms with E-state index in [0.717, 1.165) is 42.2 Å². The quantitative estimate of drug-likeness (QED) is 0.851. The molecule has 3 rings (SSSR count). The lowest BCUT2D eigenvalue weighted by Gasteiger charge is -2.34. The summed E-state index contributed by atoms with van der Waals surface area (Å²) in [6, 6.07) is 7.05. The fourth-order valence-corrected chi connectivity index (χ4v) is 2.78. The Balaban J connectivity index is 1.59.